The lowest BCUT2D eigenvalue weighted by Gasteiger charge is -2.40. The number of benzene rings is 1. The lowest BCUT2D eigenvalue weighted by molar-refractivity contribution is 0.355. The second-order valence-electron chi connectivity index (χ2n) is 5.25. The molecule has 100 valence electrons. The zero-order chi connectivity index (χ0) is 13.4. The molecule has 0 radical (unpaired) electrons. The summed E-state index contributed by atoms with van der Waals surface area (Å²) in [7, 11) is 0. The Bertz CT molecular complexity index is 716. The molecule has 1 aliphatic heterocycles. The van der Waals surface area contributed by atoms with Gasteiger partial charge in [-0.25, -0.2) is 9.97 Å². The summed E-state index contributed by atoms with van der Waals surface area (Å²) in [5.41, 5.74) is 1.91. The maximum absolute atomic E-state index is 4.67. The highest BCUT2D eigenvalue weighted by Gasteiger charge is 2.28. The number of imidazole rings is 1. The van der Waals surface area contributed by atoms with Gasteiger partial charge in [-0.15, -0.1) is 0 Å². The second kappa shape index (κ2) is 4.59. The first kappa shape index (κ1) is 11.4. The molecule has 1 aliphatic rings. The average Bonchev–Trinajstić information content (AvgIpc) is 2.95. The van der Waals surface area contributed by atoms with Crippen LogP contribution in [-0.4, -0.2) is 32.6 Å². The fourth-order valence-corrected chi connectivity index (χ4v) is 2.67. The highest BCUT2D eigenvalue weighted by atomic mass is 15.3. The Hall–Kier alpha value is -2.43. The quantitative estimate of drug-likeness (QED) is 0.726. The number of rotatable bonds is 3. The third-order valence-electron chi connectivity index (χ3n) is 3.75. The number of aromatic nitrogens is 4. The number of hydrogen-bond donors (Lipinski definition) is 0. The van der Waals surface area contributed by atoms with Crippen LogP contribution in [0.4, 0.5) is 5.82 Å². The van der Waals surface area contributed by atoms with E-state index in [9.17, 15) is 0 Å². The molecule has 0 atom stereocenters. The second-order valence-corrected chi connectivity index (χ2v) is 5.25. The van der Waals surface area contributed by atoms with Gasteiger partial charge >= 0.3 is 0 Å². The number of anilines is 1. The van der Waals surface area contributed by atoms with E-state index >= 15 is 0 Å². The Morgan fingerprint density at radius 3 is 2.80 bits per heavy atom. The molecule has 5 heteroatoms. The molecule has 1 saturated heterocycles. The van der Waals surface area contributed by atoms with E-state index in [0.29, 0.717) is 5.92 Å². The van der Waals surface area contributed by atoms with Gasteiger partial charge in [0.05, 0.1) is 23.6 Å². The van der Waals surface area contributed by atoms with Crippen molar-refractivity contribution < 1.29 is 0 Å². The summed E-state index contributed by atoms with van der Waals surface area (Å²) >= 11 is 0. The Morgan fingerprint density at radius 2 is 2.00 bits per heavy atom. The molecule has 0 aliphatic carbocycles. The molecule has 20 heavy (non-hydrogen) atoms. The smallest absolute Gasteiger partial charge is 0.147 e. The van der Waals surface area contributed by atoms with Gasteiger partial charge in [-0.05, 0) is 12.1 Å². The summed E-state index contributed by atoms with van der Waals surface area (Å²) in [6.45, 7) is 3.09. The van der Waals surface area contributed by atoms with E-state index in [4.69, 9.17) is 0 Å². The first-order valence-corrected chi connectivity index (χ1v) is 6.81. The molecular weight excluding hydrogens is 250 g/mol. The first-order valence-electron chi connectivity index (χ1n) is 6.81. The molecule has 3 aromatic rings. The van der Waals surface area contributed by atoms with Crippen LogP contribution < -0.4 is 4.90 Å². The summed E-state index contributed by atoms with van der Waals surface area (Å²) in [5.74, 6) is 1.64. The number of hydrogen-bond acceptors (Lipinski definition) is 4. The predicted octanol–water partition coefficient (Wildman–Crippen LogP) is 1.96. The number of fused-ring (bicyclic) bond motifs is 1. The summed E-state index contributed by atoms with van der Waals surface area (Å²) in [6, 6.07) is 7.98. The van der Waals surface area contributed by atoms with E-state index in [1.54, 1.807) is 0 Å². The van der Waals surface area contributed by atoms with Gasteiger partial charge in [0, 0.05) is 37.9 Å². The molecule has 0 N–H and O–H groups in total. The van der Waals surface area contributed by atoms with Crippen LogP contribution in [-0.2, 0) is 6.54 Å². The van der Waals surface area contributed by atoms with Crippen molar-refractivity contribution in [1.29, 1.82) is 0 Å². The number of nitrogens with zero attached hydrogens (tertiary/aromatic N) is 5. The summed E-state index contributed by atoms with van der Waals surface area (Å²) in [6.07, 6.45) is 7.58. The van der Waals surface area contributed by atoms with E-state index in [1.165, 1.54) is 0 Å². The van der Waals surface area contributed by atoms with Crippen LogP contribution in [0.3, 0.4) is 0 Å². The van der Waals surface area contributed by atoms with Gasteiger partial charge in [-0.3, -0.25) is 4.98 Å². The fraction of sp³-hybridized carbons (Fsp3) is 0.267. The largest absolute Gasteiger partial charge is 0.354 e. The molecule has 1 aromatic carbocycles. The van der Waals surface area contributed by atoms with Crippen LogP contribution in [0.2, 0.25) is 0 Å². The molecule has 2 aromatic heterocycles. The molecule has 1 fully saturated rings. The van der Waals surface area contributed by atoms with Gasteiger partial charge in [0.15, 0.2) is 0 Å². The third-order valence-corrected chi connectivity index (χ3v) is 3.75. The molecule has 0 bridgehead atoms. The number of para-hydroxylation sites is 2. The highest BCUT2D eigenvalue weighted by molar-refractivity contribution is 5.75. The molecular formula is C15H15N5. The van der Waals surface area contributed by atoms with Crippen molar-refractivity contribution >= 4 is 16.9 Å². The molecule has 0 amide bonds. The van der Waals surface area contributed by atoms with Crippen LogP contribution in [0.5, 0.6) is 0 Å². The van der Waals surface area contributed by atoms with Gasteiger partial charge in [0.25, 0.3) is 0 Å². The van der Waals surface area contributed by atoms with Crippen molar-refractivity contribution in [1.82, 2.24) is 19.5 Å². The standard InChI is InChI=1S/C15H15N5/c1-2-4-14-13(3-1)17-7-15(18-14)20-9-12(10-20)8-19-6-5-16-11-19/h1-7,11-12H,8-10H2. The normalized spacial score (nSPS) is 15.5. The Balaban J connectivity index is 1.46. The Kier molecular flexibility index (Phi) is 2.62. The minimum atomic E-state index is 0.664. The van der Waals surface area contributed by atoms with Crippen LogP contribution in [0, 0.1) is 5.92 Å². The SMILES string of the molecule is c1ccc2nc(N3CC(Cn4ccnc4)C3)cnc2c1. The maximum Gasteiger partial charge on any atom is 0.147 e. The zero-order valence-corrected chi connectivity index (χ0v) is 11.1. The molecule has 3 heterocycles. The summed E-state index contributed by atoms with van der Waals surface area (Å²) < 4.78 is 2.13. The van der Waals surface area contributed by atoms with Crippen LogP contribution in [0.15, 0.2) is 49.2 Å². The van der Waals surface area contributed by atoms with Crippen LogP contribution in [0.25, 0.3) is 11.0 Å². The topological polar surface area (TPSA) is 46.8 Å². The van der Waals surface area contributed by atoms with E-state index < -0.39 is 0 Å². The van der Waals surface area contributed by atoms with Crippen molar-refractivity contribution in [3.8, 4) is 0 Å². The zero-order valence-electron chi connectivity index (χ0n) is 11.1. The van der Waals surface area contributed by atoms with Gasteiger partial charge in [0.2, 0.25) is 0 Å². The van der Waals surface area contributed by atoms with E-state index in [0.717, 1.165) is 36.5 Å². The molecule has 0 unspecified atom stereocenters. The van der Waals surface area contributed by atoms with Crippen molar-refractivity contribution in [2.75, 3.05) is 18.0 Å². The molecule has 5 nitrogen and oxygen atoms in total. The third kappa shape index (κ3) is 2.01. The average molecular weight is 265 g/mol. The van der Waals surface area contributed by atoms with Gasteiger partial charge < -0.3 is 9.47 Å². The summed E-state index contributed by atoms with van der Waals surface area (Å²) in [4.78, 5) is 15.5. The lowest BCUT2D eigenvalue weighted by atomic mass is 10.0. The van der Waals surface area contributed by atoms with Crippen LogP contribution in [0.1, 0.15) is 0 Å². The van der Waals surface area contributed by atoms with Crippen molar-refractivity contribution in [2.45, 2.75) is 6.54 Å². The van der Waals surface area contributed by atoms with Crippen LogP contribution >= 0.6 is 0 Å². The first-order chi connectivity index (χ1) is 9.88. The van der Waals surface area contributed by atoms with Gasteiger partial charge in [-0.1, -0.05) is 12.1 Å². The Labute approximate surface area is 116 Å². The van der Waals surface area contributed by atoms with E-state index in [-0.39, 0.29) is 0 Å². The summed E-state index contributed by atoms with van der Waals surface area (Å²) in [5, 5.41) is 0. The van der Waals surface area contributed by atoms with Gasteiger partial charge in [0.1, 0.15) is 5.82 Å². The van der Waals surface area contributed by atoms with E-state index in [2.05, 4.69) is 24.4 Å². The minimum Gasteiger partial charge on any atom is -0.354 e. The van der Waals surface area contributed by atoms with Gasteiger partial charge in [-0.2, -0.15) is 0 Å². The lowest BCUT2D eigenvalue weighted by Crippen LogP contribution is -2.48. The van der Waals surface area contributed by atoms with Crippen molar-refractivity contribution in [3.63, 3.8) is 0 Å². The highest BCUT2D eigenvalue weighted by Crippen LogP contribution is 2.24. The van der Waals surface area contributed by atoms with E-state index in [1.807, 2.05) is 49.2 Å². The monoisotopic (exact) mass is 265 g/mol. The molecule has 0 saturated carbocycles. The fourth-order valence-electron chi connectivity index (χ4n) is 2.67. The maximum atomic E-state index is 4.67. The van der Waals surface area contributed by atoms with Crippen molar-refractivity contribution in [2.24, 2.45) is 5.92 Å². The molecule has 0 spiro atoms. The Morgan fingerprint density at radius 1 is 1.15 bits per heavy atom. The molecule has 4 rings (SSSR count). The predicted molar refractivity (Wildman–Crippen MR) is 77.5 cm³/mol. The minimum absolute atomic E-state index is 0.664. The van der Waals surface area contributed by atoms with Crippen molar-refractivity contribution in [3.05, 3.63) is 49.2 Å².